The molecule has 1 heterocycles. The number of carbonyl (C=O) groups excluding carboxylic acids is 1. The summed E-state index contributed by atoms with van der Waals surface area (Å²) in [5.41, 5.74) is 0. The number of amides is 1. The number of carbonyl (C=O) groups is 1. The summed E-state index contributed by atoms with van der Waals surface area (Å²) in [7, 11) is 0. The second-order valence-corrected chi connectivity index (χ2v) is 5.29. The van der Waals surface area contributed by atoms with Crippen LogP contribution in [0.4, 0.5) is 4.79 Å². The van der Waals surface area contributed by atoms with E-state index in [1.807, 2.05) is 24.3 Å². The van der Waals surface area contributed by atoms with E-state index in [-0.39, 0.29) is 12.1 Å². The first-order chi connectivity index (χ1) is 8.83. The van der Waals surface area contributed by atoms with Crippen molar-refractivity contribution < 1.29 is 9.53 Å². The predicted molar refractivity (Wildman–Crippen MR) is 71.1 cm³/mol. The van der Waals surface area contributed by atoms with Crippen LogP contribution in [-0.2, 0) is 0 Å². The molecule has 0 spiro atoms. The van der Waals surface area contributed by atoms with Crippen LogP contribution in [0.2, 0.25) is 0 Å². The van der Waals surface area contributed by atoms with Gasteiger partial charge in [0.2, 0.25) is 0 Å². The first-order valence-electron chi connectivity index (χ1n) is 5.90. The minimum Gasteiger partial charge on any atom is -0.410 e. The molecule has 2 aromatic rings. The van der Waals surface area contributed by atoms with E-state index in [9.17, 15) is 4.79 Å². The minimum absolute atomic E-state index is 0.222. The molecule has 0 saturated heterocycles. The summed E-state index contributed by atoms with van der Waals surface area (Å²) in [6.45, 7) is 0. The Bertz CT molecular complexity index is 524. The lowest BCUT2D eigenvalue weighted by Crippen LogP contribution is -2.29. The monoisotopic (exact) mass is 259 g/mol. The standard InChI is InChI=1S/C14H13NO2S/c16-14(17-10-5-2-1-3-6-10)15-12-9-11(12)13-7-4-8-18-13/h1-8,11-12H,9H2,(H,15,16). The molecule has 3 rings (SSSR count). The van der Waals surface area contributed by atoms with Gasteiger partial charge in [0, 0.05) is 16.8 Å². The lowest BCUT2D eigenvalue weighted by molar-refractivity contribution is 0.200. The van der Waals surface area contributed by atoms with Crippen molar-refractivity contribution in [2.24, 2.45) is 0 Å². The van der Waals surface area contributed by atoms with Gasteiger partial charge in [-0.15, -0.1) is 11.3 Å². The van der Waals surface area contributed by atoms with Crippen molar-refractivity contribution in [3.8, 4) is 5.75 Å². The first-order valence-corrected chi connectivity index (χ1v) is 6.78. The molecule has 1 aromatic heterocycles. The van der Waals surface area contributed by atoms with Gasteiger partial charge in [-0.05, 0) is 30.0 Å². The highest BCUT2D eigenvalue weighted by Crippen LogP contribution is 2.42. The van der Waals surface area contributed by atoms with E-state index in [4.69, 9.17) is 4.74 Å². The van der Waals surface area contributed by atoms with Crippen LogP contribution in [-0.4, -0.2) is 12.1 Å². The van der Waals surface area contributed by atoms with E-state index < -0.39 is 0 Å². The summed E-state index contributed by atoms with van der Waals surface area (Å²) in [5, 5.41) is 4.95. The van der Waals surface area contributed by atoms with Crippen molar-refractivity contribution in [1.82, 2.24) is 5.32 Å². The molecular weight excluding hydrogens is 246 g/mol. The third kappa shape index (κ3) is 2.54. The van der Waals surface area contributed by atoms with Crippen molar-refractivity contribution in [2.45, 2.75) is 18.4 Å². The highest BCUT2D eigenvalue weighted by molar-refractivity contribution is 7.10. The van der Waals surface area contributed by atoms with Crippen molar-refractivity contribution in [3.05, 3.63) is 52.7 Å². The molecule has 2 unspecified atom stereocenters. The van der Waals surface area contributed by atoms with Crippen molar-refractivity contribution in [2.75, 3.05) is 0 Å². The van der Waals surface area contributed by atoms with E-state index in [1.165, 1.54) is 4.88 Å². The molecular formula is C14H13NO2S. The van der Waals surface area contributed by atoms with Crippen molar-refractivity contribution in [3.63, 3.8) is 0 Å². The molecule has 18 heavy (non-hydrogen) atoms. The summed E-state index contributed by atoms with van der Waals surface area (Å²) in [5.74, 6) is 1.04. The normalized spacial score (nSPS) is 21.3. The molecule has 1 saturated carbocycles. The van der Waals surface area contributed by atoms with E-state index in [1.54, 1.807) is 23.5 Å². The Morgan fingerprint density at radius 3 is 2.78 bits per heavy atom. The number of ether oxygens (including phenoxy) is 1. The maximum Gasteiger partial charge on any atom is 0.412 e. The molecule has 2 atom stereocenters. The largest absolute Gasteiger partial charge is 0.412 e. The predicted octanol–water partition coefficient (Wildman–Crippen LogP) is 3.39. The Morgan fingerprint density at radius 2 is 2.06 bits per heavy atom. The molecule has 1 aliphatic carbocycles. The van der Waals surface area contributed by atoms with Gasteiger partial charge in [0.15, 0.2) is 0 Å². The van der Waals surface area contributed by atoms with Gasteiger partial charge < -0.3 is 10.1 Å². The van der Waals surface area contributed by atoms with Gasteiger partial charge in [-0.1, -0.05) is 24.3 Å². The Balaban J connectivity index is 1.51. The van der Waals surface area contributed by atoms with Gasteiger partial charge in [-0.25, -0.2) is 4.79 Å². The lowest BCUT2D eigenvalue weighted by Gasteiger charge is -2.05. The molecule has 1 aromatic carbocycles. The van der Waals surface area contributed by atoms with E-state index in [0.717, 1.165) is 6.42 Å². The highest BCUT2D eigenvalue weighted by atomic mass is 32.1. The Hall–Kier alpha value is -1.81. The molecule has 1 fully saturated rings. The summed E-state index contributed by atoms with van der Waals surface area (Å²) >= 11 is 1.74. The van der Waals surface area contributed by atoms with Crippen LogP contribution in [0.3, 0.4) is 0 Å². The fourth-order valence-corrected chi connectivity index (χ4v) is 2.85. The number of para-hydroxylation sites is 1. The molecule has 0 bridgehead atoms. The Labute approximate surface area is 109 Å². The second kappa shape index (κ2) is 4.82. The summed E-state index contributed by atoms with van der Waals surface area (Å²) in [6.07, 6.45) is 0.634. The number of hydrogen-bond donors (Lipinski definition) is 1. The summed E-state index contributed by atoms with van der Waals surface area (Å²) < 4.78 is 5.18. The van der Waals surface area contributed by atoms with Crippen LogP contribution < -0.4 is 10.1 Å². The maximum absolute atomic E-state index is 11.6. The number of benzene rings is 1. The molecule has 1 N–H and O–H groups in total. The van der Waals surface area contributed by atoms with Crippen molar-refractivity contribution in [1.29, 1.82) is 0 Å². The molecule has 0 radical (unpaired) electrons. The molecule has 92 valence electrons. The molecule has 4 heteroatoms. The topological polar surface area (TPSA) is 38.3 Å². The number of rotatable bonds is 3. The fraction of sp³-hybridized carbons (Fsp3) is 0.214. The van der Waals surface area contributed by atoms with Gasteiger partial charge in [0.05, 0.1) is 0 Å². The van der Waals surface area contributed by atoms with E-state index in [2.05, 4.69) is 16.8 Å². The fourth-order valence-electron chi connectivity index (χ4n) is 1.95. The maximum atomic E-state index is 11.6. The third-order valence-electron chi connectivity index (χ3n) is 2.96. The quantitative estimate of drug-likeness (QED) is 0.917. The van der Waals surface area contributed by atoms with Crippen LogP contribution in [0.5, 0.6) is 5.75 Å². The molecule has 1 amide bonds. The van der Waals surface area contributed by atoms with Crippen LogP contribution in [0.25, 0.3) is 0 Å². The van der Waals surface area contributed by atoms with Gasteiger partial charge in [0.1, 0.15) is 5.75 Å². The number of hydrogen-bond acceptors (Lipinski definition) is 3. The van der Waals surface area contributed by atoms with E-state index in [0.29, 0.717) is 11.7 Å². The van der Waals surface area contributed by atoms with Crippen LogP contribution >= 0.6 is 11.3 Å². The van der Waals surface area contributed by atoms with Crippen LogP contribution in [0, 0.1) is 0 Å². The van der Waals surface area contributed by atoms with Crippen molar-refractivity contribution >= 4 is 17.4 Å². The second-order valence-electron chi connectivity index (χ2n) is 4.31. The third-order valence-corrected chi connectivity index (χ3v) is 3.96. The van der Waals surface area contributed by atoms with Crippen LogP contribution in [0.15, 0.2) is 47.8 Å². The molecule has 1 aliphatic rings. The molecule has 0 aliphatic heterocycles. The van der Waals surface area contributed by atoms with Gasteiger partial charge in [-0.3, -0.25) is 0 Å². The highest BCUT2D eigenvalue weighted by Gasteiger charge is 2.40. The Morgan fingerprint density at radius 1 is 1.22 bits per heavy atom. The van der Waals surface area contributed by atoms with Gasteiger partial charge in [0.25, 0.3) is 0 Å². The zero-order valence-corrected chi connectivity index (χ0v) is 10.5. The number of nitrogens with one attached hydrogen (secondary N) is 1. The molecule has 3 nitrogen and oxygen atoms in total. The Kier molecular flexibility index (Phi) is 3.02. The minimum atomic E-state index is -0.370. The lowest BCUT2D eigenvalue weighted by atomic mass is 10.3. The van der Waals surface area contributed by atoms with E-state index >= 15 is 0 Å². The zero-order valence-electron chi connectivity index (χ0n) is 9.71. The number of thiophene rings is 1. The summed E-state index contributed by atoms with van der Waals surface area (Å²) in [6, 6.07) is 13.5. The summed E-state index contributed by atoms with van der Waals surface area (Å²) in [4.78, 5) is 13.0. The smallest absolute Gasteiger partial charge is 0.410 e. The van der Waals surface area contributed by atoms with Gasteiger partial charge >= 0.3 is 6.09 Å². The van der Waals surface area contributed by atoms with Gasteiger partial charge in [-0.2, -0.15) is 0 Å². The zero-order chi connectivity index (χ0) is 12.4. The average Bonchev–Trinajstić information content (AvgIpc) is 2.92. The SMILES string of the molecule is O=C(NC1CC1c1cccs1)Oc1ccccc1. The first kappa shape index (κ1) is 11.3. The van der Waals surface area contributed by atoms with Crippen LogP contribution in [0.1, 0.15) is 17.2 Å². The average molecular weight is 259 g/mol.